The van der Waals surface area contributed by atoms with Gasteiger partial charge in [-0.05, 0) is 0 Å². The van der Waals surface area contributed by atoms with Gasteiger partial charge in [0.25, 0.3) is 0 Å². The molecule has 0 spiro atoms. The van der Waals surface area contributed by atoms with Gasteiger partial charge in [0.1, 0.15) is 24.5 Å². The molecule has 5 nitrogen and oxygen atoms in total. The van der Waals surface area contributed by atoms with Crippen LogP contribution in [0.5, 0.6) is 0 Å². The van der Waals surface area contributed by atoms with Gasteiger partial charge in [0.05, 0.1) is 6.61 Å². The highest BCUT2D eigenvalue weighted by Crippen LogP contribution is 2.16. The molecule has 0 aromatic carbocycles. The van der Waals surface area contributed by atoms with Crippen molar-refractivity contribution in [1.82, 2.24) is 0 Å². The van der Waals surface area contributed by atoms with E-state index in [4.69, 9.17) is 25.8 Å². The van der Waals surface area contributed by atoms with Crippen molar-refractivity contribution in [3.63, 3.8) is 0 Å². The molecule has 5 heteroatoms. The van der Waals surface area contributed by atoms with E-state index in [1.165, 1.54) is 0 Å². The van der Waals surface area contributed by atoms with Crippen molar-refractivity contribution in [3.05, 3.63) is 0 Å². The molecule has 1 aliphatic rings. The molecule has 1 fully saturated rings. The maximum absolute atomic E-state index is 9.01. The van der Waals surface area contributed by atoms with Crippen LogP contribution in [-0.4, -0.2) is 46.5 Å². The number of hydrogen-bond acceptors (Lipinski definition) is 5. The highest BCUT2D eigenvalue weighted by atomic mass is 16.6. The summed E-state index contributed by atoms with van der Waals surface area (Å²) in [6.45, 7) is -0.327. The first-order valence-electron chi connectivity index (χ1n) is 3.05. The molecule has 0 bridgehead atoms. The van der Waals surface area contributed by atoms with Crippen LogP contribution in [0, 0.1) is 0 Å². The zero-order chi connectivity index (χ0) is 7.72. The van der Waals surface area contributed by atoms with E-state index in [-0.39, 0.29) is 6.61 Å². The molecule has 1 rings (SSSR count). The minimum Gasteiger partial charge on any atom is -0.394 e. The standard InChI is InChI=1S/C5H11NO4/c6-5-4(9)3(8)2(1-7)10-5/h2-5,7-9H,1,6H2/t2?,3-,4-,5-/m1/s1. The number of ether oxygens (including phenoxy) is 1. The fourth-order valence-corrected chi connectivity index (χ4v) is 0.928. The molecular weight excluding hydrogens is 138 g/mol. The Kier molecular flexibility index (Phi) is 2.22. The summed E-state index contributed by atoms with van der Waals surface area (Å²) in [6.07, 6.45) is -3.78. The molecule has 0 aromatic rings. The van der Waals surface area contributed by atoms with Crippen LogP contribution in [0.1, 0.15) is 0 Å². The van der Waals surface area contributed by atoms with Crippen LogP contribution in [0.25, 0.3) is 0 Å². The van der Waals surface area contributed by atoms with Gasteiger partial charge in [0.15, 0.2) is 0 Å². The van der Waals surface area contributed by atoms with Gasteiger partial charge in [-0.3, -0.25) is 0 Å². The van der Waals surface area contributed by atoms with Crippen molar-refractivity contribution < 1.29 is 20.1 Å². The largest absolute Gasteiger partial charge is 0.394 e. The number of aliphatic hydroxyl groups is 3. The van der Waals surface area contributed by atoms with Crippen molar-refractivity contribution in [3.8, 4) is 0 Å². The zero-order valence-electron chi connectivity index (χ0n) is 5.34. The molecule has 1 aliphatic heterocycles. The lowest BCUT2D eigenvalue weighted by molar-refractivity contribution is -0.0200. The molecule has 0 aliphatic carbocycles. The molecule has 0 radical (unpaired) electrons. The van der Waals surface area contributed by atoms with Crippen LogP contribution < -0.4 is 5.73 Å². The van der Waals surface area contributed by atoms with E-state index in [0.717, 1.165) is 0 Å². The highest BCUT2D eigenvalue weighted by Gasteiger charge is 2.39. The molecule has 1 saturated heterocycles. The fourth-order valence-electron chi connectivity index (χ4n) is 0.928. The third-order valence-electron chi connectivity index (χ3n) is 1.58. The summed E-state index contributed by atoms with van der Waals surface area (Å²) in [7, 11) is 0. The Labute approximate surface area is 58.0 Å². The first-order chi connectivity index (χ1) is 4.66. The van der Waals surface area contributed by atoms with Gasteiger partial charge in [-0.1, -0.05) is 0 Å². The Balaban J connectivity index is 2.53. The number of aliphatic hydroxyl groups excluding tert-OH is 3. The normalized spacial score (nSPS) is 48.0. The molecule has 1 unspecified atom stereocenters. The summed E-state index contributed by atoms with van der Waals surface area (Å²) in [6, 6.07) is 0. The van der Waals surface area contributed by atoms with Gasteiger partial charge in [0, 0.05) is 0 Å². The van der Waals surface area contributed by atoms with E-state index in [2.05, 4.69) is 0 Å². The van der Waals surface area contributed by atoms with E-state index in [0.29, 0.717) is 0 Å². The quantitative estimate of drug-likeness (QED) is 0.327. The Morgan fingerprint density at radius 3 is 2.10 bits per heavy atom. The molecule has 0 saturated carbocycles. The Bertz CT molecular complexity index is 120. The minimum absolute atomic E-state index is 0.327. The monoisotopic (exact) mass is 149 g/mol. The molecule has 4 atom stereocenters. The summed E-state index contributed by atoms with van der Waals surface area (Å²) in [5.74, 6) is 0. The minimum atomic E-state index is -1.09. The van der Waals surface area contributed by atoms with Crippen LogP contribution in [-0.2, 0) is 4.74 Å². The van der Waals surface area contributed by atoms with Crippen molar-refractivity contribution in [1.29, 1.82) is 0 Å². The molecule has 0 amide bonds. The number of nitrogens with two attached hydrogens (primary N) is 1. The van der Waals surface area contributed by atoms with E-state index in [1.54, 1.807) is 0 Å². The van der Waals surface area contributed by atoms with Crippen molar-refractivity contribution in [2.24, 2.45) is 5.73 Å². The number of rotatable bonds is 1. The van der Waals surface area contributed by atoms with Crippen LogP contribution in [0.15, 0.2) is 0 Å². The first kappa shape index (κ1) is 7.90. The Morgan fingerprint density at radius 1 is 1.30 bits per heavy atom. The summed E-state index contributed by atoms with van der Waals surface area (Å²) < 4.78 is 4.76. The van der Waals surface area contributed by atoms with Gasteiger partial charge >= 0.3 is 0 Å². The summed E-state index contributed by atoms with van der Waals surface area (Å²) in [5, 5.41) is 26.5. The van der Waals surface area contributed by atoms with E-state index in [9.17, 15) is 0 Å². The molecule has 10 heavy (non-hydrogen) atoms. The maximum Gasteiger partial charge on any atom is 0.135 e. The van der Waals surface area contributed by atoms with Gasteiger partial charge in [-0.25, -0.2) is 0 Å². The molecular formula is C5H11NO4. The molecule has 60 valence electrons. The van der Waals surface area contributed by atoms with Gasteiger partial charge in [-0.15, -0.1) is 0 Å². The van der Waals surface area contributed by atoms with E-state index < -0.39 is 24.5 Å². The lowest BCUT2D eigenvalue weighted by Crippen LogP contribution is -2.37. The third kappa shape index (κ3) is 1.14. The fraction of sp³-hybridized carbons (Fsp3) is 1.00. The van der Waals surface area contributed by atoms with Crippen molar-refractivity contribution >= 4 is 0 Å². The summed E-state index contributed by atoms with van der Waals surface area (Å²) >= 11 is 0. The third-order valence-corrected chi connectivity index (χ3v) is 1.58. The smallest absolute Gasteiger partial charge is 0.135 e. The molecule has 1 heterocycles. The zero-order valence-corrected chi connectivity index (χ0v) is 5.34. The highest BCUT2D eigenvalue weighted by molar-refractivity contribution is 4.86. The van der Waals surface area contributed by atoms with Crippen LogP contribution in [0.4, 0.5) is 0 Å². The van der Waals surface area contributed by atoms with Crippen LogP contribution >= 0.6 is 0 Å². The SMILES string of the molecule is N[C@@H]1OC(CO)[C@@H](O)[C@H]1O. The van der Waals surface area contributed by atoms with Crippen LogP contribution in [0.2, 0.25) is 0 Å². The van der Waals surface area contributed by atoms with Gasteiger partial charge in [-0.2, -0.15) is 0 Å². The predicted molar refractivity (Wildman–Crippen MR) is 31.9 cm³/mol. The lowest BCUT2D eigenvalue weighted by atomic mass is 10.1. The average Bonchev–Trinajstić information content (AvgIpc) is 2.17. The second-order valence-electron chi connectivity index (χ2n) is 2.30. The van der Waals surface area contributed by atoms with E-state index in [1.807, 2.05) is 0 Å². The second-order valence-corrected chi connectivity index (χ2v) is 2.30. The van der Waals surface area contributed by atoms with E-state index >= 15 is 0 Å². The molecule has 0 aromatic heterocycles. The average molecular weight is 149 g/mol. The summed E-state index contributed by atoms with van der Waals surface area (Å²) in [4.78, 5) is 0. The number of hydrogen-bond donors (Lipinski definition) is 4. The maximum atomic E-state index is 9.01. The summed E-state index contributed by atoms with van der Waals surface area (Å²) in [5.41, 5.74) is 5.19. The predicted octanol–water partition coefficient (Wildman–Crippen LogP) is -2.62. The second kappa shape index (κ2) is 2.81. The van der Waals surface area contributed by atoms with Crippen LogP contribution in [0.3, 0.4) is 0 Å². The Hall–Kier alpha value is -0.200. The topological polar surface area (TPSA) is 95.9 Å². The van der Waals surface area contributed by atoms with Crippen molar-refractivity contribution in [2.75, 3.05) is 6.61 Å². The van der Waals surface area contributed by atoms with Crippen molar-refractivity contribution in [2.45, 2.75) is 24.5 Å². The Morgan fingerprint density at radius 2 is 1.90 bits per heavy atom. The van der Waals surface area contributed by atoms with Gasteiger partial charge in [0.2, 0.25) is 0 Å². The first-order valence-corrected chi connectivity index (χ1v) is 3.05. The molecule has 5 N–H and O–H groups in total. The lowest BCUT2D eigenvalue weighted by Gasteiger charge is -2.09. The van der Waals surface area contributed by atoms with Gasteiger partial charge < -0.3 is 25.8 Å².